The van der Waals surface area contributed by atoms with Crippen molar-refractivity contribution in [1.29, 1.82) is 0 Å². The molecule has 0 N–H and O–H groups in total. The van der Waals surface area contributed by atoms with Gasteiger partial charge in [-0.2, -0.15) is 4.99 Å². The van der Waals surface area contributed by atoms with Crippen LogP contribution in [0.5, 0.6) is 11.5 Å². The third-order valence-electron chi connectivity index (χ3n) is 3.19. The molecule has 0 spiro atoms. The van der Waals surface area contributed by atoms with Crippen molar-refractivity contribution >= 4 is 27.5 Å². The van der Waals surface area contributed by atoms with Crippen LogP contribution in [-0.2, 0) is 11.3 Å². The molecule has 0 aliphatic rings. The van der Waals surface area contributed by atoms with Gasteiger partial charge in [0.25, 0.3) is 0 Å². The Balaban J connectivity index is 2.66. The van der Waals surface area contributed by atoms with E-state index in [1.165, 1.54) is 11.3 Å². The summed E-state index contributed by atoms with van der Waals surface area (Å²) in [4.78, 5) is 16.7. The van der Waals surface area contributed by atoms with Gasteiger partial charge < -0.3 is 14.0 Å². The molecule has 114 valence electrons. The molecule has 1 heterocycles. The summed E-state index contributed by atoms with van der Waals surface area (Å²) in [6, 6.07) is 3.85. The van der Waals surface area contributed by atoms with Crippen LogP contribution in [0, 0.1) is 0 Å². The zero-order valence-electron chi connectivity index (χ0n) is 12.8. The number of hydrogen-bond acceptors (Lipinski definition) is 4. The topological polar surface area (TPSA) is 52.8 Å². The number of ether oxygens (including phenoxy) is 2. The highest BCUT2D eigenvalue weighted by atomic mass is 32.1. The number of carbonyl (C=O) groups excluding carboxylic acids is 1. The van der Waals surface area contributed by atoms with E-state index in [1.807, 2.05) is 30.5 Å². The number of aryl methyl sites for hydroxylation is 1. The smallest absolute Gasteiger partial charge is 0.248 e. The molecule has 5 nitrogen and oxygen atoms in total. The molecular formula is C15H20N2O3S. The molecule has 0 fully saturated rings. The summed E-state index contributed by atoms with van der Waals surface area (Å²) in [7, 11) is 3.23. The molecule has 0 atom stereocenters. The maximum absolute atomic E-state index is 11.8. The SMILES string of the molecule is CCCC(=O)N=c1sc2cc(OC)c(OC)cc2n1CC. The minimum Gasteiger partial charge on any atom is -0.493 e. The van der Waals surface area contributed by atoms with Crippen LogP contribution in [0.15, 0.2) is 17.1 Å². The summed E-state index contributed by atoms with van der Waals surface area (Å²) in [5.41, 5.74) is 1.00. The van der Waals surface area contributed by atoms with Crippen LogP contribution in [0.2, 0.25) is 0 Å². The van der Waals surface area contributed by atoms with Gasteiger partial charge in [-0.25, -0.2) is 0 Å². The predicted molar refractivity (Wildman–Crippen MR) is 84.1 cm³/mol. The van der Waals surface area contributed by atoms with Crippen molar-refractivity contribution in [3.8, 4) is 11.5 Å². The van der Waals surface area contributed by atoms with Gasteiger partial charge in [-0.05, 0) is 13.3 Å². The molecule has 1 aromatic carbocycles. The van der Waals surface area contributed by atoms with Gasteiger partial charge in [0, 0.05) is 25.1 Å². The summed E-state index contributed by atoms with van der Waals surface area (Å²) in [5, 5.41) is 0. The Morgan fingerprint density at radius 2 is 1.90 bits per heavy atom. The van der Waals surface area contributed by atoms with Crippen molar-refractivity contribution in [3.05, 3.63) is 16.9 Å². The second-order valence-electron chi connectivity index (χ2n) is 4.56. The van der Waals surface area contributed by atoms with E-state index in [4.69, 9.17) is 9.47 Å². The molecule has 0 aliphatic heterocycles. The summed E-state index contributed by atoms with van der Waals surface area (Å²) in [5.74, 6) is 1.28. The van der Waals surface area contributed by atoms with Crippen LogP contribution < -0.4 is 14.3 Å². The Bertz CT molecular complexity index is 716. The number of nitrogens with zero attached hydrogens (tertiary/aromatic N) is 2. The van der Waals surface area contributed by atoms with Crippen LogP contribution in [0.4, 0.5) is 0 Å². The van der Waals surface area contributed by atoms with E-state index in [0.717, 1.165) is 28.0 Å². The Morgan fingerprint density at radius 3 is 2.48 bits per heavy atom. The summed E-state index contributed by atoms with van der Waals surface area (Å²) < 4.78 is 13.7. The molecular weight excluding hydrogens is 288 g/mol. The average Bonchev–Trinajstić information content (AvgIpc) is 2.81. The number of carbonyl (C=O) groups is 1. The number of amides is 1. The standard InChI is InChI=1S/C15H20N2O3S/c1-5-7-14(18)16-15-17(6-2)10-8-11(19-3)12(20-4)9-13(10)21-15/h8-9H,5-7H2,1-4H3. The van der Waals surface area contributed by atoms with E-state index in [0.29, 0.717) is 17.9 Å². The Labute approximate surface area is 127 Å². The zero-order valence-corrected chi connectivity index (χ0v) is 13.6. The molecule has 0 saturated heterocycles. The molecule has 21 heavy (non-hydrogen) atoms. The first-order valence-electron chi connectivity index (χ1n) is 6.97. The van der Waals surface area contributed by atoms with Crippen LogP contribution in [-0.4, -0.2) is 24.7 Å². The fourth-order valence-corrected chi connectivity index (χ4v) is 3.29. The Morgan fingerprint density at radius 1 is 1.24 bits per heavy atom. The van der Waals surface area contributed by atoms with E-state index in [2.05, 4.69) is 4.99 Å². The van der Waals surface area contributed by atoms with Crippen molar-refractivity contribution in [2.24, 2.45) is 4.99 Å². The van der Waals surface area contributed by atoms with Crippen molar-refractivity contribution < 1.29 is 14.3 Å². The Hall–Kier alpha value is -1.82. The number of aromatic nitrogens is 1. The van der Waals surface area contributed by atoms with Gasteiger partial charge >= 0.3 is 0 Å². The fourth-order valence-electron chi connectivity index (χ4n) is 2.16. The first-order chi connectivity index (χ1) is 10.1. The summed E-state index contributed by atoms with van der Waals surface area (Å²) in [6.07, 6.45) is 1.28. The molecule has 6 heteroatoms. The zero-order chi connectivity index (χ0) is 15.4. The van der Waals surface area contributed by atoms with Crippen LogP contribution in [0.3, 0.4) is 0 Å². The third kappa shape index (κ3) is 3.10. The van der Waals surface area contributed by atoms with Gasteiger partial charge in [-0.3, -0.25) is 4.79 Å². The van der Waals surface area contributed by atoms with E-state index < -0.39 is 0 Å². The molecule has 0 saturated carbocycles. The van der Waals surface area contributed by atoms with E-state index in [-0.39, 0.29) is 5.91 Å². The first kappa shape index (κ1) is 15.6. The minimum atomic E-state index is -0.0785. The number of benzene rings is 1. The van der Waals surface area contributed by atoms with Crippen molar-refractivity contribution in [3.63, 3.8) is 0 Å². The van der Waals surface area contributed by atoms with Crippen LogP contribution in [0.25, 0.3) is 10.2 Å². The second-order valence-corrected chi connectivity index (χ2v) is 5.57. The molecule has 1 amide bonds. The first-order valence-corrected chi connectivity index (χ1v) is 7.79. The van der Waals surface area contributed by atoms with Crippen molar-refractivity contribution in [1.82, 2.24) is 4.57 Å². The normalized spacial score (nSPS) is 11.9. The maximum atomic E-state index is 11.8. The fraction of sp³-hybridized carbons (Fsp3) is 0.467. The highest BCUT2D eigenvalue weighted by Gasteiger charge is 2.12. The van der Waals surface area contributed by atoms with Gasteiger partial charge in [0.15, 0.2) is 16.3 Å². The van der Waals surface area contributed by atoms with Crippen molar-refractivity contribution in [2.75, 3.05) is 14.2 Å². The third-order valence-corrected chi connectivity index (χ3v) is 4.23. The molecule has 0 radical (unpaired) electrons. The van der Waals surface area contributed by atoms with Gasteiger partial charge in [0.05, 0.1) is 24.4 Å². The highest BCUT2D eigenvalue weighted by Crippen LogP contribution is 2.33. The van der Waals surface area contributed by atoms with Gasteiger partial charge in [-0.15, -0.1) is 0 Å². The molecule has 0 unspecified atom stereocenters. The molecule has 2 aromatic rings. The molecule has 0 aliphatic carbocycles. The average molecular weight is 308 g/mol. The van der Waals surface area contributed by atoms with E-state index >= 15 is 0 Å². The monoisotopic (exact) mass is 308 g/mol. The maximum Gasteiger partial charge on any atom is 0.248 e. The molecule has 0 bridgehead atoms. The number of thiazole rings is 1. The van der Waals surface area contributed by atoms with Crippen molar-refractivity contribution in [2.45, 2.75) is 33.2 Å². The quantitative estimate of drug-likeness (QED) is 0.853. The lowest BCUT2D eigenvalue weighted by Gasteiger charge is -2.08. The molecule has 2 rings (SSSR count). The van der Waals surface area contributed by atoms with Gasteiger partial charge in [0.2, 0.25) is 5.91 Å². The van der Waals surface area contributed by atoms with Crippen LogP contribution >= 0.6 is 11.3 Å². The van der Waals surface area contributed by atoms with E-state index in [9.17, 15) is 4.79 Å². The van der Waals surface area contributed by atoms with Gasteiger partial charge in [-0.1, -0.05) is 18.3 Å². The number of hydrogen-bond donors (Lipinski definition) is 0. The summed E-state index contributed by atoms with van der Waals surface area (Å²) >= 11 is 1.49. The lowest BCUT2D eigenvalue weighted by molar-refractivity contribution is -0.118. The number of methoxy groups -OCH3 is 2. The van der Waals surface area contributed by atoms with Gasteiger partial charge in [0.1, 0.15) is 0 Å². The summed E-state index contributed by atoms with van der Waals surface area (Å²) in [6.45, 7) is 4.75. The lowest BCUT2D eigenvalue weighted by Crippen LogP contribution is -2.15. The number of rotatable bonds is 5. The highest BCUT2D eigenvalue weighted by molar-refractivity contribution is 7.16. The second kappa shape index (κ2) is 6.76. The molecule has 1 aromatic heterocycles. The van der Waals surface area contributed by atoms with E-state index in [1.54, 1.807) is 14.2 Å². The minimum absolute atomic E-state index is 0.0785. The van der Waals surface area contributed by atoms with Crippen LogP contribution in [0.1, 0.15) is 26.7 Å². The largest absolute Gasteiger partial charge is 0.493 e. The number of fused-ring (bicyclic) bond motifs is 1. The Kier molecular flexibility index (Phi) is 5.01. The predicted octanol–water partition coefficient (Wildman–Crippen LogP) is 2.97. The lowest BCUT2D eigenvalue weighted by atomic mass is 10.3.